The molecule has 0 saturated heterocycles. The third kappa shape index (κ3) is 0.727. The molecule has 0 aromatic carbocycles. The number of carbonyl (C=O) groups is 1. The summed E-state index contributed by atoms with van der Waals surface area (Å²) < 4.78 is 0. The first-order valence-electron chi connectivity index (χ1n) is 4.32. The summed E-state index contributed by atoms with van der Waals surface area (Å²) in [5.74, 6) is 2.53. The van der Waals surface area contributed by atoms with Crippen molar-refractivity contribution in [3.05, 3.63) is 0 Å². The van der Waals surface area contributed by atoms with Gasteiger partial charge in [0.05, 0.1) is 0 Å². The molecule has 0 heterocycles. The van der Waals surface area contributed by atoms with Gasteiger partial charge >= 0.3 is 0 Å². The van der Waals surface area contributed by atoms with Crippen molar-refractivity contribution >= 4 is 5.78 Å². The summed E-state index contributed by atoms with van der Waals surface area (Å²) in [7, 11) is 0. The molecule has 0 aromatic heterocycles. The fourth-order valence-electron chi connectivity index (χ4n) is 2.62. The van der Waals surface area contributed by atoms with E-state index in [2.05, 4.69) is 6.92 Å². The van der Waals surface area contributed by atoms with Crippen molar-refractivity contribution < 1.29 is 4.79 Å². The highest BCUT2D eigenvalue weighted by Gasteiger charge is 2.43. The van der Waals surface area contributed by atoms with Crippen LogP contribution in [0, 0.1) is 17.8 Å². The summed E-state index contributed by atoms with van der Waals surface area (Å²) in [6.45, 7) is 2.21. The number of fused-ring (bicyclic) bond motifs is 1. The summed E-state index contributed by atoms with van der Waals surface area (Å²) in [6.07, 6.45) is 4.66. The SMILES string of the molecule is CC1C[C@H]2CCCC(=O)[C@@H]12. The molecular formula is C9H14O. The van der Waals surface area contributed by atoms with Gasteiger partial charge in [0.15, 0.2) is 0 Å². The predicted octanol–water partition coefficient (Wildman–Crippen LogP) is 2.01. The molecule has 2 saturated carbocycles. The maximum Gasteiger partial charge on any atom is 0.136 e. The van der Waals surface area contributed by atoms with Gasteiger partial charge in [0.25, 0.3) is 0 Å². The average Bonchev–Trinajstić information content (AvgIpc) is 1.85. The van der Waals surface area contributed by atoms with E-state index < -0.39 is 0 Å². The highest BCUT2D eigenvalue weighted by molar-refractivity contribution is 5.83. The number of Topliss-reactive ketones (excluding diaryl/α,β-unsaturated/α-hetero) is 1. The van der Waals surface area contributed by atoms with Gasteiger partial charge in [-0.1, -0.05) is 6.92 Å². The molecule has 0 amide bonds. The summed E-state index contributed by atoms with van der Waals surface area (Å²) >= 11 is 0. The summed E-state index contributed by atoms with van der Waals surface area (Å²) in [5, 5.41) is 0. The lowest BCUT2D eigenvalue weighted by Gasteiger charge is -2.45. The molecule has 2 rings (SSSR count). The van der Waals surface area contributed by atoms with Crippen molar-refractivity contribution in [2.45, 2.75) is 32.6 Å². The van der Waals surface area contributed by atoms with Crippen LogP contribution < -0.4 is 0 Å². The maximum absolute atomic E-state index is 11.3. The number of rotatable bonds is 0. The fraction of sp³-hybridized carbons (Fsp3) is 0.889. The van der Waals surface area contributed by atoms with E-state index in [4.69, 9.17) is 0 Å². The fourth-order valence-corrected chi connectivity index (χ4v) is 2.62. The van der Waals surface area contributed by atoms with E-state index in [9.17, 15) is 4.79 Å². The summed E-state index contributed by atoms with van der Waals surface area (Å²) in [6, 6.07) is 0. The Hall–Kier alpha value is -0.330. The van der Waals surface area contributed by atoms with E-state index in [1.165, 1.54) is 12.8 Å². The zero-order valence-electron chi connectivity index (χ0n) is 6.47. The normalized spacial score (nSPS) is 46.1. The minimum absolute atomic E-state index is 0.480. The van der Waals surface area contributed by atoms with Gasteiger partial charge in [-0.3, -0.25) is 4.79 Å². The standard InChI is InChI=1S/C9H14O/c1-6-5-7-3-2-4-8(10)9(6)7/h6-7,9H,2-5H2,1H3/t6?,7-,9+/m1/s1. The molecule has 2 fully saturated rings. The van der Waals surface area contributed by atoms with Crippen LogP contribution in [0.25, 0.3) is 0 Å². The van der Waals surface area contributed by atoms with Crippen LogP contribution in [0.1, 0.15) is 32.6 Å². The number of carbonyl (C=O) groups excluding carboxylic acids is 1. The van der Waals surface area contributed by atoms with Crippen molar-refractivity contribution in [1.82, 2.24) is 0 Å². The minimum atomic E-state index is 0.480. The van der Waals surface area contributed by atoms with Crippen LogP contribution >= 0.6 is 0 Å². The molecule has 0 spiro atoms. The van der Waals surface area contributed by atoms with Crippen LogP contribution in [-0.4, -0.2) is 5.78 Å². The van der Waals surface area contributed by atoms with Gasteiger partial charge in [-0.15, -0.1) is 0 Å². The predicted molar refractivity (Wildman–Crippen MR) is 39.6 cm³/mol. The van der Waals surface area contributed by atoms with Gasteiger partial charge in [0, 0.05) is 12.3 Å². The van der Waals surface area contributed by atoms with Gasteiger partial charge in [-0.2, -0.15) is 0 Å². The number of hydrogen-bond acceptors (Lipinski definition) is 1. The number of hydrogen-bond donors (Lipinski definition) is 0. The lowest BCUT2D eigenvalue weighted by Crippen LogP contribution is -2.43. The van der Waals surface area contributed by atoms with Crippen molar-refractivity contribution in [1.29, 1.82) is 0 Å². The molecule has 0 aromatic rings. The van der Waals surface area contributed by atoms with Crippen molar-refractivity contribution in [2.75, 3.05) is 0 Å². The molecule has 3 atom stereocenters. The van der Waals surface area contributed by atoms with Crippen molar-refractivity contribution in [2.24, 2.45) is 17.8 Å². The van der Waals surface area contributed by atoms with E-state index in [-0.39, 0.29) is 0 Å². The van der Waals surface area contributed by atoms with Gasteiger partial charge in [-0.25, -0.2) is 0 Å². The Kier molecular flexibility index (Phi) is 1.33. The van der Waals surface area contributed by atoms with Gasteiger partial charge in [0.2, 0.25) is 0 Å². The van der Waals surface area contributed by atoms with E-state index in [0.717, 1.165) is 18.8 Å². The summed E-state index contributed by atoms with van der Waals surface area (Å²) in [4.78, 5) is 11.3. The molecule has 0 bridgehead atoms. The van der Waals surface area contributed by atoms with Crippen molar-refractivity contribution in [3.8, 4) is 0 Å². The first-order chi connectivity index (χ1) is 4.79. The van der Waals surface area contributed by atoms with E-state index in [0.29, 0.717) is 17.6 Å². The lowest BCUT2D eigenvalue weighted by molar-refractivity contribution is -0.135. The second-order valence-electron chi connectivity index (χ2n) is 3.86. The Morgan fingerprint density at radius 3 is 2.80 bits per heavy atom. The molecule has 0 aliphatic heterocycles. The second kappa shape index (κ2) is 2.08. The van der Waals surface area contributed by atoms with Crippen LogP contribution in [0.15, 0.2) is 0 Å². The second-order valence-corrected chi connectivity index (χ2v) is 3.86. The van der Waals surface area contributed by atoms with Gasteiger partial charge in [0.1, 0.15) is 5.78 Å². The maximum atomic E-state index is 11.3. The third-order valence-corrected chi connectivity index (χ3v) is 3.17. The van der Waals surface area contributed by atoms with Crippen LogP contribution in [-0.2, 0) is 4.79 Å². The summed E-state index contributed by atoms with van der Waals surface area (Å²) in [5.41, 5.74) is 0. The Balaban J connectivity index is 2.08. The topological polar surface area (TPSA) is 17.1 Å². The molecule has 10 heavy (non-hydrogen) atoms. The van der Waals surface area contributed by atoms with Gasteiger partial charge in [-0.05, 0) is 31.1 Å². The Labute approximate surface area is 61.8 Å². The van der Waals surface area contributed by atoms with E-state index in [1.54, 1.807) is 0 Å². The van der Waals surface area contributed by atoms with Crippen LogP contribution in [0.2, 0.25) is 0 Å². The Bertz CT molecular complexity index is 160. The Morgan fingerprint density at radius 2 is 2.30 bits per heavy atom. The molecule has 0 radical (unpaired) electrons. The molecule has 2 aliphatic rings. The zero-order chi connectivity index (χ0) is 7.14. The largest absolute Gasteiger partial charge is 0.299 e. The minimum Gasteiger partial charge on any atom is -0.299 e. The Morgan fingerprint density at radius 1 is 1.50 bits per heavy atom. The van der Waals surface area contributed by atoms with Crippen LogP contribution in [0.4, 0.5) is 0 Å². The van der Waals surface area contributed by atoms with E-state index in [1.807, 2.05) is 0 Å². The highest BCUT2D eigenvalue weighted by Crippen LogP contribution is 2.46. The molecule has 0 N–H and O–H groups in total. The molecular weight excluding hydrogens is 124 g/mol. The molecule has 2 aliphatic carbocycles. The average molecular weight is 138 g/mol. The smallest absolute Gasteiger partial charge is 0.136 e. The third-order valence-electron chi connectivity index (χ3n) is 3.17. The number of ketones is 1. The molecule has 56 valence electrons. The first kappa shape index (κ1) is 6.38. The van der Waals surface area contributed by atoms with E-state index >= 15 is 0 Å². The first-order valence-corrected chi connectivity index (χ1v) is 4.32. The molecule has 1 nitrogen and oxygen atoms in total. The monoisotopic (exact) mass is 138 g/mol. The highest BCUT2D eigenvalue weighted by atomic mass is 16.1. The molecule has 1 heteroatoms. The zero-order valence-corrected chi connectivity index (χ0v) is 6.47. The van der Waals surface area contributed by atoms with Crippen molar-refractivity contribution in [3.63, 3.8) is 0 Å². The lowest BCUT2D eigenvalue weighted by atomic mass is 9.59. The van der Waals surface area contributed by atoms with Crippen LogP contribution in [0.5, 0.6) is 0 Å². The molecule has 1 unspecified atom stereocenters. The van der Waals surface area contributed by atoms with Crippen LogP contribution in [0.3, 0.4) is 0 Å². The quantitative estimate of drug-likeness (QED) is 0.500. The van der Waals surface area contributed by atoms with Gasteiger partial charge < -0.3 is 0 Å².